The van der Waals surface area contributed by atoms with Gasteiger partial charge in [0.15, 0.2) is 11.6 Å². The van der Waals surface area contributed by atoms with E-state index in [-0.39, 0.29) is 39.1 Å². The number of hydrogen-bond donors (Lipinski definition) is 2. The Hall–Kier alpha value is -3.11. The first-order chi connectivity index (χ1) is 12.0. The van der Waals surface area contributed by atoms with Crippen molar-refractivity contribution in [2.45, 2.75) is 0 Å². The number of halogens is 1. The Kier molecular flexibility index (Phi) is 4.55. The van der Waals surface area contributed by atoms with E-state index in [1.165, 1.54) is 6.07 Å². The summed E-state index contributed by atoms with van der Waals surface area (Å²) >= 11 is 6.29. The fraction of sp³-hybridized carbons (Fsp3) is 0. The van der Waals surface area contributed by atoms with Gasteiger partial charge in [-0.3, -0.25) is 9.59 Å². The molecule has 0 aliphatic rings. The Morgan fingerprint density at radius 3 is 1.76 bits per heavy atom. The number of nitrogen functional groups attached to an aromatic ring is 2. The Morgan fingerprint density at radius 1 is 0.760 bits per heavy atom. The van der Waals surface area contributed by atoms with Crippen LogP contribution in [0.5, 0.6) is 0 Å². The van der Waals surface area contributed by atoms with E-state index in [0.717, 1.165) is 0 Å². The molecule has 3 rings (SSSR count). The van der Waals surface area contributed by atoms with Gasteiger partial charge >= 0.3 is 0 Å². The summed E-state index contributed by atoms with van der Waals surface area (Å²) in [6, 6.07) is 18.7. The monoisotopic (exact) mass is 350 g/mol. The average Bonchev–Trinajstić information content (AvgIpc) is 2.65. The number of benzene rings is 3. The molecule has 0 aliphatic heterocycles. The van der Waals surface area contributed by atoms with Gasteiger partial charge in [0.05, 0.1) is 16.3 Å². The van der Waals surface area contributed by atoms with Gasteiger partial charge < -0.3 is 11.5 Å². The van der Waals surface area contributed by atoms with Crippen LogP contribution in [0.1, 0.15) is 31.8 Å². The molecule has 0 aliphatic carbocycles. The summed E-state index contributed by atoms with van der Waals surface area (Å²) in [7, 11) is 0. The number of ketones is 2. The van der Waals surface area contributed by atoms with Crippen molar-refractivity contribution in [1.82, 2.24) is 0 Å². The van der Waals surface area contributed by atoms with Crippen LogP contribution in [0.3, 0.4) is 0 Å². The predicted molar refractivity (Wildman–Crippen MR) is 100 cm³/mol. The maximum absolute atomic E-state index is 12.7. The van der Waals surface area contributed by atoms with Gasteiger partial charge in [-0.1, -0.05) is 72.3 Å². The average molecular weight is 351 g/mol. The lowest BCUT2D eigenvalue weighted by atomic mass is 9.95. The summed E-state index contributed by atoms with van der Waals surface area (Å²) in [6.07, 6.45) is 0. The standard InChI is InChI=1S/C20H15ClN2O2/c21-17-14(19(24)12-7-3-1-4-8-12)11-15(22)16(18(17)23)20(25)13-9-5-2-6-10-13/h1-11H,22-23H2. The van der Waals surface area contributed by atoms with Crippen LogP contribution in [0.2, 0.25) is 5.02 Å². The third-order valence-corrected chi connectivity index (χ3v) is 4.28. The lowest BCUT2D eigenvalue weighted by Crippen LogP contribution is -2.13. The van der Waals surface area contributed by atoms with E-state index in [1.807, 2.05) is 6.07 Å². The number of hydrogen-bond acceptors (Lipinski definition) is 4. The Labute approximate surface area is 150 Å². The molecular weight excluding hydrogens is 336 g/mol. The normalized spacial score (nSPS) is 10.4. The van der Waals surface area contributed by atoms with Crippen LogP contribution in [0.15, 0.2) is 66.7 Å². The van der Waals surface area contributed by atoms with Gasteiger partial charge in [0.25, 0.3) is 0 Å². The van der Waals surface area contributed by atoms with Gasteiger partial charge in [0.2, 0.25) is 0 Å². The maximum atomic E-state index is 12.7. The summed E-state index contributed by atoms with van der Waals surface area (Å²) in [6.45, 7) is 0. The topological polar surface area (TPSA) is 86.2 Å². The van der Waals surface area contributed by atoms with Crippen LogP contribution in [0, 0.1) is 0 Å². The highest BCUT2D eigenvalue weighted by molar-refractivity contribution is 6.39. The molecule has 0 amide bonds. The molecule has 0 atom stereocenters. The second-order valence-electron chi connectivity index (χ2n) is 5.51. The van der Waals surface area contributed by atoms with E-state index in [4.69, 9.17) is 23.1 Å². The van der Waals surface area contributed by atoms with Gasteiger partial charge in [0.1, 0.15) is 0 Å². The highest BCUT2D eigenvalue weighted by Gasteiger charge is 2.23. The van der Waals surface area contributed by atoms with E-state index in [9.17, 15) is 9.59 Å². The fourth-order valence-electron chi connectivity index (χ4n) is 2.60. The number of carbonyl (C=O) groups is 2. The minimum atomic E-state index is -0.337. The van der Waals surface area contributed by atoms with Gasteiger partial charge in [0, 0.05) is 22.4 Å². The summed E-state index contributed by atoms with van der Waals surface area (Å²) < 4.78 is 0. The molecule has 0 fully saturated rings. The second kappa shape index (κ2) is 6.79. The van der Waals surface area contributed by atoms with E-state index in [1.54, 1.807) is 54.6 Å². The third kappa shape index (κ3) is 3.12. The predicted octanol–water partition coefficient (Wildman–Crippen LogP) is 3.97. The number of carbonyl (C=O) groups excluding carboxylic acids is 2. The SMILES string of the molecule is Nc1cc(C(=O)c2ccccc2)c(Cl)c(N)c1C(=O)c1ccccc1. The molecule has 0 saturated heterocycles. The van der Waals surface area contributed by atoms with Crippen molar-refractivity contribution < 1.29 is 9.59 Å². The minimum absolute atomic E-state index is 0.00907. The summed E-state index contributed by atoms with van der Waals surface area (Å²) in [4.78, 5) is 25.3. The van der Waals surface area contributed by atoms with Gasteiger partial charge in [-0.15, -0.1) is 0 Å². The van der Waals surface area contributed by atoms with Crippen LogP contribution >= 0.6 is 11.6 Å². The van der Waals surface area contributed by atoms with Crippen molar-refractivity contribution >= 4 is 34.5 Å². The lowest BCUT2D eigenvalue weighted by Gasteiger charge is -2.14. The second-order valence-corrected chi connectivity index (χ2v) is 5.88. The highest BCUT2D eigenvalue weighted by atomic mass is 35.5. The molecule has 0 bridgehead atoms. The largest absolute Gasteiger partial charge is 0.398 e. The Bertz CT molecular complexity index is 954. The molecule has 0 unspecified atom stereocenters. The number of nitrogens with two attached hydrogens (primary N) is 2. The zero-order chi connectivity index (χ0) is 18.0. The molecule has 0 radical (unpaired) electrons. The molecule has 3 aromatic carbocycles. The minimum Gasteiger partial charge on any atom is -0.398 e. The van der Waals surface area contributed by atoms with Crippen molar-refractivity contribution in [3.8, 4) is 0 Å². The molecule has 25 heavy (non-hydrogen) atoms. The molecule has 0 spiro atoms. The molecule has 0 aromatic heterocycles. The van der Waals surface area contributed by atoms with Crippen molar-refractivity contribution in [3.63, 3.8) is 0 Å². The van der Waals surface area contributed by atoms with Crippen LogP contribution in [0.25, 0.3) is 0 Å². The van der Waals surface area contributed by atoms with Crippen molar-refractivity contribution in [2.24, 2.45) is 0 Å². The summed E-state index contributed by atoms with van der Waals surface area (Å²) in [5.74, 6) is -0.640. The van der Waals surface area contributed by atoms with Gasteiger partial charge in [-0.25, -0.2) is 0 Å². The van der Waals surface area contributed by atoms with E-state index < -0.39 is 0 Å². The van der Waals surface area contributed by atoms with Gasteiger partial charge in [-0.05, 0) is 6.07 Å². The van der Waals surface area contributed by atoms with Crippen molar-refractivity contribution in [2.75, 3.05) is 11.5 Å². The highest BCUT2D eigenvalue weighted by Crippen LogP contribution is 2.34. The summed E-state index contributed by atoms with van der Waals surface area (Å²) in [5.41, 5.74) is 13.4. The van der Waals surface area contributed by atoms with Crippen LogP contribution in [-0.2, 0) is 0 Å². The first kappa shape index (κ1) is 16.7. The first-order valence-corrected chi connectivity index (χ1v) is 7.95. The maximum Gasteiger partial charge on any atom is 0.197 e. The third-order valence-electron chi connectivity index (χ3n) is 3.87. The molecule has 5 heteroatoms. The number of anilines is 2. The smallest absolute Gasteiger partial charge is 0.197 e. The molecule has 4 nitrogen and oxygen atoms in total. The van der Waals surface area contributed by atoms with Crippen molar-refractivity contribution in [3.05, 3.63) is 94.0 Å². The molecule has 3 aromatic rings. The lowest BCUT2D eigenvalue weighted by molar-refractivity contribution is 0.102. The van der Waals surface area contributed by atoms with Crippen LogP contribution in [-0.4, -0.2) is 11.6 Å². The van der Waals surface area contributed by atoms with E-state index >= 15 is 0 Å². The Morgan fingerprint density at radius 2 is 1.24 bits per heavy atom. The molecule has 0 heterocycles. The van der Waals surface area contributed by atoms with Crippen molar-refractivity contribution in [1.29, 1.82) is 0 Å². The quantitative estimate of drug-likeness (QED) is 0.550. The molecule has 4 N–H and O–H groups in total. The van der Waals surface area contributed by atoms with Crippen LogP contribution in [0.4, 0.5) is 11.4 Å². The molecular formula is C20H15ClN2O2. The first-order valence-electron chi connectivity index (χ1n) is 7.57. The zero-order valence-corrected chi connectivity index (χ0v) is 14.0. The summed E-state index contributed by atoms with van der Waals surface area (Å²) in [5, 5.41) is 0.0299. The van der Waals surface area contributed by atoms with Crippen LogP contribution < -0.4 is 11.5 Å². The molecule has 124 valence electrons. The van der Waals surface area contributed by atoms with Gasteiger partial charge in [-0.2, -0.15) is 0 Å². The Balaban J connectivity index is 2.09. The number of rotatable bonds is 4. The fourth-order valence-corrected chi connectivity index (χ4v) is 2.83. The van der Waals surface area contributed by atoms with E-state index in [2.05, 4.69) is 0 Å². The van der Waals surface area contributed by atoms with E-state index in [0.29, 0.717) is 11.1 Å². The zero-order valence-electron chi connectivity index (χ0n) is 13.2. The molecule has 0 saturated carbocycles.